The highest BCUT2D eigenvalue weighted by Crippen LogP contribution is 2.31. The second kappa shape index (κ2) is 5.44. The van der Waals surface area contributed by atoms with Gasteiger partial charge in [0.25, 0.3) is 0 Å². The number of imidazole rings is 2. The number of aryl methyl sites for hydroxylation is 1. The van der Waals surface area contributed by atoms with Crippen LogP contribution < -0.4 is 5.32 Å². The molecule has 114 valence electrons. The largest absolute Gasteiger partial charge is 0.367 e. The van der Waals surface area contributed by atoms with Crippen LogP contribution in [0.4, 0.5) is 5.82 Å². The minimum absolute atomic E-state index is 0.514. The molecule has 0 amide bonds. The Morgan fingerprint density at radius 1 is 1.23 bits per heavy atom. The third-order valence-corrected chi connectivity index (χ3v) is 4.43. The van der Waals surface area contributed by atoms with Gasteiger partial charge in [-0.15, -0.1) is 0 Å². The molecule has 1 saturated carbocycles. The van der Waals surface area contributed by atoms with Crippen molar-refractivity contribution >= 4 is 11.5 Å². The van der Waals surface area contributed by atoms with Crippen LogP contribution in [0.3, 0.4) is 0 Å². The summed E-state index contributed by atoms with van der Waals surface area (Å²) in [4.78, 5) is 16.5. The third kappa shape index (κ3) is 2.24. The van der Waals surface area contributed by atoms with Gasteiger partial charge in [0.2, 0.25) is 0 Å². The number of hydrogen-bond acceptors (Lipinski definition) is 4. The number of rotatable bonds is 3. The third-order valence-electron chi connectivity index (χ3n) is 4.43. The van der Waals surface area contributed by atoms with E-state index in [0.29, 0.717) is 6.04 Å². The molecule has 0 atom stereocenters. The Kier molecular flexibility index (Phi) is 3.29. The van der Waals surface area contributed by atoms with Crippen molar-refractivity contribution in [3.8, 4) is 11.4 Å². The van der Waals surface area contributed by atoms with Gasteiger partial charge >= 0.3 is 0 Å². The van der Waals surface area contributed by atoms with E-state index in [1.165, 1.54) is 32.1 Å². The minimum atomic E-state index is 0.514. The fraction of sp³-hybridized carbons (Fsp3) is 0.438. The maximum Gasteiger partial charge on any atom is 0.157 e. The highest BCUT2D eigenvalue weighted by Gasteiger charge is 2.21. The van der Waals surface area contributed by atoms with Crippen LogP contribution in [0.1, 0.15) is 37.8 Å². The predicted molar refractivity (Wildman–Crippen MR) is 85.8 cm³/mol. The number of hydrogen-bond donors (Lipinski definition) is 2. The van der Waals surface area contributed by atoms with Crippen molar-refractivity contribution in [3.05, 3.63) is 30.6 Å². The topological polar surface area (TPSA) is 70.9 Å². The minimum Gasteiger partial charge on any atom is -0.367 e. The first-order valence-corrected chi connectivity index (χ1v) is 7.92. The zero-order valence-corrected chi connectivity index (χ0v) is 12.7. The van der Waals surface area contributed by atoms with Crippen molar-refractivity contribution in [3.63, 3.8) is 0 Å². The summed E-state index contributed by atoms with van der Waals surface area (Å²) in [7, 11) is 0. The van der Waals surface area contributed by atoms with Gasteiger partial charge in [0.15, 0.2) is 5.65 Å². The van der Waals surface area contributed by atoms with Crippen LogP contribution >= 0.6 is 0 Å². The van der Waals surface area contributed by atoms with Crippen LogP contribution in [-0.4, -0.2) is 30.4 Å². The zero-order chi connectivity index (χ0) is 14.9. The molecule has 0 aromatic carbocycles. The van der Waals surface area contributed by atoms with E-state index in [0.717, 1.165) is 28.5 Å². The van der Waals surface area contributed by atoms with Crippen LogP contribution in [0.15, 0.2) is 24.9 Å². The molecule has 0 radical (unpaired) electrons. The van der Waals surface area contributed by atoms with Gasteiger partial charge in [-0.25, -0.2) is 9.97 Å². The number of H-pyrrole nitrogens is 1. The SMILES string of the molecule is Cc1[nH]cnc1-c1nc2cnccn2c1NC1CCCCC1. The molecule has 1 aliphatic rings. The zero-order valence-electron chi connectivity index (χ0n) is 12.7. The average molecular weight is 296 g/mol. The molecule has 1 aliphatic carbocycles. The van der Waals surface area contributed by atoms with Crippen molar-refractivity contribution in [2.24, 2.45) is 0 Å². The van der Waals surface area contributed by atoms with Crippen molar-refractivity contribution < 1.29 is 0 Å². The molecule has 6 heteroatoms. The van der Waals surface area contributed by atoms with E-state index in [4.69, 9.17) is 4.98 Å². The van der Waals surface area contributed by atoms with E-state index in [1.54, 1.807) is 18.7 Å². The molecular formula is C16H20N6. The monoisotopic (exact) mass is 296 g/mol. The molecule has 3 aromatic heterocycles. The van der Waals surface area contributed by atoms with Gasteiger partial charge in [0.1, 0.15) is 17.2 Å². The first-order chi connectivity index (χ1) is 10.8. The normalized spacial score (nSPS) is 16.2. The van der Waals surface area contributed by atoms with E-state index >= 15 is 0 Å². The molecule has 1 fully saturated rings. The number of aromatic nitrogens is 5. The number of nitrogens with zero attached hydrogens (tertiary/aromatic N) is 4. The highest BCUT2D eigenvalue weighted by atomic mass is 15.2. The van der Waals surface area contributed by atoms with Gasteiger partial charge in [-0.3, -0.25) is 9.38 Å². The van der Waals surface area contributed by atoms with Crippen LogP contribution in [0.25, 0.3) is 17.0 Å². The Labute approximate surface area is 129 Å². The molecule has 0 aliphatic heterocycles. The van der Waals surface area contributed by atoms with Crippen LogP contribution in [0.2, 0.25) is 0 Å². The van der Waals surface area contributed by atoms with Gasteiger partial charge in [0.05, 0.1) is 12.5 Å². The lowest BCUT2D eigenvalue weighted by atomic mass is 9.95. The maximum atomic E-state index is 4.74. The quantitative estimate of drug-likeness (QED) is 0.778. The summed E-state index contributed by atoms with van der Waals surface area (Å²) in [6.45, 7) is 2.02. The summed E-state index contributed by atoms with van der Waals surface area (Å²) in [6, 6.07) is 0.514. The van der Waals surface area contributed by atoms with E-state index in [9.17, 15) is 0 Å². The average Bonchev–Trinajstić information content (AvgIpc) is 3.12. The van der Waals surface area contributed by atoms with Crippen molar-refractivity contribution in [1.29, 1.82) is 0 Å². The predicted octanol–water partition coefficient (Wildman–Crippen LogP) is 3.17. The van der Waals surface area contributed by atoms with Gasteiger partial charge in [-0.1, -0.05) is 19.3 Å². The lowest BCUT2D eigenvalue weighted by Crippen LogP contribution is -2.23. The lowest BCUT2D eigenvalue weighted by Gasteiger charge is -2.24. The highest BCUT2D eigenvalue weighted by molar-refractivity contribution is 5.75. The molecule has 0 unspecified atom stereocenters. The maximum absolute atomic E-state index is 4.74. The standard InChI is InChI=1S/C16H20N6/c1-11-14(19-10-18-11)15-16(20-12-5-3-2-4-6-12)22-8-7-17-9-13(22)21-15/h7-10,12,20H,2-6H2,1H3,(H,18,19). The van der Waals surface area contributed by atoms with Crippen LogP contribution in [0, 0.1) is 6.92 Å². The molecule has 22 heavy (non-hydrogen) atoms. The lowest BCUT2D eigenvalue weighted by molar-refractivity contribution is 0.461. The fourth-order valence-electron chi connectivity index (χ4n) is 3.25. The number of anilines is 1. The molecule has 3 heterocycles. The van der Waals surface area contributed by atoms with Gasteiger partial charge < -0.3 is 10.3 Å². The van der Waals surface area contributed by atoms with Crippen molar-refractivity contribution in [1.82, 2.24) is 24.3 Å². The van der Waals surface area contributed by atoms with Gasteiger partial charge in [-0.05, 0) is 19.8 Å². The Morgan fingerprint density at radius 2 is 2.09 bits per heavy atom. The smallest absolute Gasteiger partial charge is 0.157 e. The number of nitrogens with one attached hydrogen (secondary N) is 2. The van der Waals surface area contributed by atoms with Gasteiger partial charge in [-0.2, -0.15) is 0 Å². The van der Waals surface area contributed by atoms with Crippen LogP contribution in [0.5, 0.6) is 0 Å². The fourth-order valence-corrected chi connectivity index (χ4v) is 3.25. The number of aromatic amines is 1. The molecule has 2 N–H and O–H groups in total. The second-order valence-corrected chi connectivity index (χ2v) is 5.97. The van der Waals surface area contributed by atoms with E-state index in [-0.39, 0.29) is 0 Å². The first-order valence-electron chi connectivity index (χ1n) is 7.92. The Morgan fingerprint density at radius 3 is 2.86 bits per heavy atom. The molecule has 0 spiro atoms. The molecule has 4 rings (SSSR count). The second-order valence-electron chi connectivity index (χ2n) is 5.97. The summed E-state index contributed by atoms with van der Waals surface area (Å²) in [6.07, 6.45) is 13.6. The summed E-state index contributed by atoms with van der Waals surface area (Å²) in [5.74, 6) is 1.03. The van der Waals surface area contributed by atoms with E-state index in [1.807, 2.05) is 13.1 Å². The number of fused-ring (bicyclic) bond motifs is 1. The molecule has 0 bridgehead atoms. The Hall–Kier alpha value is -2.37. The Balaban J connectivity index is 1.81. The summed E-state index contributed by atoms with van der Waals surface area (Å²) in [5.41, 5.74) is 3.68. The Bertz CT molecular complexity index is 781. The van der Waals surface area contributed by atoms with E-state index < -0.39 is 0 Å². The van der Waals surface area contributed by atoms with E-state index in [2.05, 4.69) is 24.7 Å². The van der Waals surface area contributed by atoms with Crippen LogP contribution in [-0.2, 0) is 0 Å². The first kappa shape index (κ1) is 13.3. The summed E-state index contributed by atoms with van der Waals surface area (Å²) in [5, 5.41) is 3.71. The van der Waals surface area contributed by atoms with Crippen molar-refractivity contribution in [2.75, 3.05) is 5.32 Å². The van der Waals surface area contributed by atoms with Gasteiger partial charge in [0, 0.05) is 24.1 Å². The molecular weight excluding hydrogens is 276 g/mol. The molecule has 3 aromatic rings. The molecule has 0 saturated heterocycles. The van der Waals surface area contributed by atoms with Crippen molar-refractivity contribution in [2.45, 2.75) is 45.1 Å². The summed E-state index contributed by atoms with van der Waals surface area (Å²) < 4.78 is 2.07. The summed E-state index contributed by atoms with van der Waals surface area (Å²) >= 11 is 0. The molecule has 6 nitrogen and oxygen atoms in total.